The molecule has 0 amide bonds. The van der Waals surface area contributed by atoms with E-state index >= 15 is 0 Å². The average Bonchev–Trinajstić information content (AvgIpc) is 2.22. The van der Waals surface area contributed by atoms with Gasteiger partial charge in [0, 0.05) is 6.07 Å². The molecule has 94 valence electrons. The van der Waals surface area contributed by atoms with E-state index in [1.807, 2.05) is 0 Å². The van der Waals surface area contributed by atoms with Gasteiger partial charge >= 0.3 is 6.18 Å². The third kappa shape index (κ3) is 3.23. The lowest BCUT2D eigenvalue weighted by Gasteiger charge is -2.12. The van der Waals surface area contributed by atoms with Crippen LogP contribution in [-0.4, -0.2) is 24.2 Å². The molecule has 1 rings (SSSR count). The van der Waals surface area contributed by atoms with Gasteiger partial charge in [-0.3, -0.25) is 4.79 Å². The van der Waals surface area contributed by atoms with Crippen molar-refractivity contribution < 1.29 is 32.2 Å². The topological polar surface area (TPSA) is 46.5 Å². The molecule has 0 atom stereocenters. The second kappa shape index (κ2) is 4.79. The first-order valence-corrected chi connectivity index (χ1v) is 4.49. The van der Waals surface area contributed by atoms with Crippen molar-refractivity contribution in [3.8, 4) is 11.5 Å². The van der Waals surface area contributed by atoms with Crippen LogP contribution in [0.1, 0.15) is 10.4 Å². The molecule has 0 aliphatic carbocycles. The Morgan fingerprint density at radius 1 is 1.47 bits per heavy atom. The van der Waals surface area contributed by atoms with Gasteiger partial charge in [-0.2, -0.15) is 13.2 Å². The van der Waals surface area contributed by atoms with E-state index in [4.69, 9.17) is 16.7 Å². The highest BCUT2D eigenvalue weighted by Crippen LogP contribution is 2.35. The predicted molar refractivity (Wildman–Crippen MR) is 50.0 cm³/mol. The molecule has 0 radical (unpaired) electrons. The quantitative estimate of drug-likeness (QED) is 0.680. The normalized spacial score (nSPS) is 11.4. The van der Waals surface area contributed by atoms with Crippen LogP contribution in [0.2, 0.25) is 5.02 Å². The Balaban J connectivity index is 3.11. The minimum absolute atomic E-state index is 0.0492. The van der Waals surface area contributed by atoms with Gasteiger partial charge in [-0.25, -0.2) is 4.39 Å². The minimum Gasteiger partial charge on any atom is -0.506 e. The molecule has 1 aromatic rings. The molecule has 8 heteroatoms. The number of aromatic hydroxyl groups is 1. The third-order valence-corrected chi connectivity index (χ3v) is 2.06. The number of phenolic OH excluding ortho intramolecular Hbond substituents is 1. The fourth-order valence-electron chi connectivity index (χ4n) is 0.993. The van der Waals surface area contributed by atoms with Crippen LogP contribution >= 0.6 is 11.6 Å². The standard InChI is InChI=1S/C9H5ClF4O3/c10-7-5(16)1-6(4(2-15)8(7)11)17-3-9(12,13)14/h1-2,16H,3H2. The largest absolute Gasteiger partial charge is 0.506 e. The fraction of sp³-hybridized carbons (Fsp3) is 0.222. The number of carbonyl (C=O) groups excluding carboxylic acids is 1. The summed E-state index contributed by atoms with van der Waals surface area (Å²) in [4.78, 5) is 10.5. The van der Waals surface area contributed by atoms with Crippen molar-refractivity contribution in [3.05, 3.63) is 22.5 Å². The van der Waals surface area contributed by atoms with E-state index in [0.29, 0.717) is 6.07 Å². The summed E-state index contributed by atoms with van der Waals surface area (Å²) in [5, 5.41) is 8.32. The Morgan fingerprint density at radius 3 is 2.53 bits per heavy atom. The first-order chi connectivity index (χ1) is 7.76. The van der Waals surface area contributed by atoms with Crippen molar-refractivity contribution in [2.45, 2.75) is 6.18 Å². The first-order valence-electron chi connectivity index (χ1n) is 4.12. The number of carbonyl (C=O) groups is 1. The molecule has 0 aliphatic heterocycles. The number of alkyl halides is 3. The monoisotopic (exact) mass is 272 g/mol. The Kier molecular flexibility index (Phi) is 3.82. The highest BCUT2D eigenvalue weighted by molar-refractivity contribution is 6.32. The highest BCUT2D eigenvalue weighted by Gasteiger charge is 2.29. The van der Waals surface area contributed by atoms with Crippen molar-refractivity contribution >= 4 is 17.9 Å². The average molecular weight is 273 g/mol. The van der Waals surface area contributed by atoms with E-state index in [1.165, 1.54) is 0 Å². The van der Waals surface area contributed by atoms with Gasteiger partial charge in [-0.05, 0) is 0 Å². The minimum atomic E-state index is -4.65. The maximum Gasteiger partial charge on any atom is 0.422 e. The van der Waals surface area contributed by atoms with E-state index in [9.17, 15) is 22.4 Å². The van der Waals surface area contributed by atoms with Gasteiger partial charge in [0.2, 0.25) is 0 Å². The smallest absolute Gasteiger partial charge is 0.422 e. The lowest BCUT2D eigenvalue weighted by molar-refractivity contribution is -0.153. The van der Waals surface area contributed by atoms with Gasteiger partial charge in [-0.1, -0.05) is 11.6 Å². The predicted octanol–water partition coefficient (Wildman–Crippen LogP) is 2.94. The van der Waals surface area contributed by atoms with Gasteiger partial charge in [0.25, 0.3) is 0 Å². The molecule has 0 aliphatic rings. The number of aldehydes is 1. The van der Waals surface area contributed by atoms with Gasteiger partial charge in [0.05, 0.1) is 5.56 Å². The second-order valence-electron chi connectivity index (χ2n) is 2.96. The van der Waals surface area contributed by atoms with Crippen molar-refractivity contribution in [1.29, 1.82) is 0 Å². The Bertz CT molecular complexity index is 445. The van der Waals surface area contributed by atoms with Crippen LogP contribution in [0.25, 0.3) is 0 Å². The number of hydrogen-bond donors (Lipinski definition) is 1. The molecule has 0 bridgehead atoms. The molecule has 3 nitrogen and oxygen atoms in total. The summed E-state index contributed by atoms with van der Waals surface area (Å²) in [5.74, 6) is -2.87. The molecule has 0 fully saturated rings. The van der Waals surface area contributed by atoms with E-state index in [2.05, 4.69) is 4.74 Å². The molecular formula is C9H5ClF4O3. The van der Waals surface area contributed by atoms with E-state index < -0.39 is 40.7 Å². The lowest BCUT2D eigenvalue weighted by atomic mass is 10.2. The van der Waals surface area contributed by atoms with Crippen LogP contribution in [0.5, 0.6) is 11.5 Å². The molecule has 0 saturated heterocycles. The summed E-state index contributed by atoms with van der Waals surface area (Å²) in [6, 6.07) is 0.640. The maximum atomic E-state index is 13.3. The zero-order valence-electron chi connectivity index (χ0n) is 8.02. The number of benzene rings is 1. The number of ether oxygens (including phenoxy) is 1. The Hall–Kier alpha value is -1.50. The van der Waals surface area contributed by atoms with Crippen molar-refractivity contribution in [1.82, 2.24) is 0 Å². The molecule has 0 heterocycles. The summed E-state index contributed by atoms with van der Waals surface area (Å²) < 4.78 is 53.0. The van der Waals surface area contributed by atoms with Crippen LogP contribution in [0.3, 0.4) is 0 Å². The van der Waals surface area contributed by atoms with Gasteiger partial charge in [0.15, 0.2) is 18.7 Å². The molecule has 0 unspecified atom stereocenters. The summed E-state index contributed by atoms with van der Waals surface area (Å²) in [6.45, 7) is -1.71. The zero-order chi connectivity index (χ0) is 13.2. The fourth-order valence-corrected chi connectivity index (χ4v) is 1.15. The zero-order valence-corrected chi connectivity index (χ0v) is 8.77. The van der Waals surface area contributed by atoms with Crippen LogP contribution in [0.4, 0.5) is 17.6 Å². The van der Waals surface area contributed by atoms with E-state index in [0.717, 1.165) is 0 Å². The number of hydrogen-bond acceptors (Lipinski definition) is 3. The second-order valence-corrected chi connectivity index (χ2v) is 3.34. The third-order valence-electron chi connectivity index (χ3n) is 1.70. The van der Waals surface area contributed by atoms with E-state index in [-0.39, 0.29) is 6.29 Å². The van der Waals surface area contributed by atoms with Crippen molar-refractivity contribution in [3.63, 3.8) is 0 Å². The van der Waals surface area contributed by atoms with Gasteiger partial charge in [0.1, 0.15) is 16.5 Å². The Labute approximate surface area is 97.6 Å². The molecule has 0 saturated carbocycles. The summed E-state index contributed by atoms with van der Waals surface area (Å²) in [7, 11) is 0. The Morgan fingerprint density at radius 2 is 2.06 bits per heavy atom. The molecular weight excluding hydrogens is 268 g/mol. The van der Waals surface area contributed by atoms with E-state index in [1.54, 1.807) is 0 Å². The molecule has 0 spiro atoms. The number of halogens is 5. The highest BCUT2D eigenvalue weighted by atomic mass is 35.5. The molecule has 17 heavy (non-hydrogen) atoms. The summed E-state index contributed by atoms with van der Waals surface area (Å²) in [5.41, 5.74) is -0.781. The number of phenols is 1. The van der Waals surface area contributed by atoms with Crippen LogP contribution in [0.15, 0.2) is 6.07 Å². The van der Waals surface area contributed by atoms with Crippen molar-refractivity contribution in [2.75, 3.05) is 6.61 Å². The number of rotatable bonds is 3. The lowest BCUT2D eigenvalue weighted by Crippen LogP contribution is -2.20. The maximum absolute atomic E-state index is 13.3. The summed E-state index contributed by atoms with van der Waals surface area (Å²) >= 11 is 5.26. The molecule has 1 N–H and O–H groups in total. The van der Waals surface area contributed by atoms with Crippen molar-refractivity contribution in [2.24, 2.45) is 0 Å². The molecule has 0 aromatic heterocycles. The van der Waals surface area contributed by atoms with Gasteiger partial charge in [-0.15, -0.1) is 0 Å². The van der Waals surface area contributed by atoms with Crippen LogP contribution in [0, 0.1) is 5.82 Å². The van der Waals surface area contributed by atoms with Crippen LogP contribution < -0.4 is 4.74 Å². The first kappa shape index (κ1) is 13.6. The van der Waals surface area contributed by atoms with Crippen LogP contribution in [-0.2, 0) is 0 Å². The SMILES string of the molecule is O=Cc1c(OCC(F)(F)F)cc(O)c(Cl)c1F. The van der Waals surface area contributed by atoms with Gasteiger partial charge < -0.3 is 9.84 Å². The summed E-state index contributed by atoms with van der Waals surface area (Å²) in [6.07, 6.45) is -4.70. The molecule has 1 aromatic carbocycles.